The van der Waals surface area contributed by atoms with Gasteiger partial charge in [-0.3, -0.25) is 9.59 Å². The maximum atomic E-state index is 14.7. The Morgan fingerprint density at radius 2 is 1.72 bits per heavy atom. The van der Waals surface area contributed by atoms with E-state index in [9.17, 15) is 14.0 Å². The van der Waals surface area contributed by atoms with E-state index in [1.54, 1.807) is 12.1 Å². The molecule has 0 N–H and O–H groups in total. The van der Waals surface area contributed by atoms with Crippen molar-refractivity contribution in [3.05, 3.63) is 29.6 Å². The van der Waals surface area contributed by atoms with Crippen LogP contribution in [0, 0.1) is 5.82 Å². The fourth-order valence-corrected chi connectivity index (χ4v) is 3.92. The number of hydrogen-bond donors (Lipinski definition) is 0. The van der Waals surface area contributed by atoms with E-state index < -0.39 is 5.82 Å². The molecule has 0 bridgehead atoms. The first-order valence-corrected chi connectivity index (χ1v) is 10.7. The lowest BCUT2D eigenvalue weighted by atomic mass is 10.1. The summed E-state index contributed by atoms with van der Waals surface area (Å²) in [4.78, 5) is 31.2. The molecule has 2 heterocycles. The van der Waals surface area contributed by atoms with E-state index in [-0.39, 0.29) is 30.0 Å². The predicted octanol–water partition coefficient (Wildman–Crippen LogP) is 2.92. The van der Waals surface area contributed by atoms with Crippen LogP contribution in [0.2, 0.25) is 0 Å². The average molecular weight is 406 g/mol. The summed E-state index contributed by atoms with van der Waals surface area (Å²) in [7, 11) is 0. The normalized spacial score (nSPS) is 17.9. The highest BCUT2D eigenvalue weighted by atomic mass is 19.1. The van der Waals surface area contributed by atoms with Crippen molar-refractivity contribution >= 4 is 17.5 Å². The minimum atomic E-state index is -0.416. The van der Waals surface area contributed by atoms with E-state index in [1.807, 2.05) is 23.6 Å². The molecule has 2 fully saturated rings. The van der Waals surface area contributed by atoms with E-state index in [0.29, 0.717) is 32.0 Å². The lowest BCUT2D eigenvalue weighted by Crippen LogP contribution is -2.46. The number of nitrogens with zero attached hydrogens (tertiary/aromatic N) is 3. The number of rotatable bonds is 5. The molecule has 160 valence electrons. The number of halogens is 1. The van der Waals surface area contributed by atoms with Crippen LogP contribution in [0.25, 0.3) is 0 Å². The molecular formula is C22H32FN3O3. The van der Waals surface area contributed by atoms with Gasteiger partial charge in [0.15, 0.2) is 0 Å². The third kappa shape index (κ3) is 5.47. The number of amides is 2. The van der Waals surface area contributed by atoms with Gasteiger partial charge in [-0.1, -0.05) is 12.8 Å². The molecule has 0 radical (unpaired) electrons. The van der Waals surface area contributed by atoms with Crippen molar-refractivity contribution in [2.24, 2.45) is 0 Å². The summed E-state index contributed by atoms with van der Waals surface area (Å²) in [6.45, 7) is 7.70. The number of carbonyl (C=O) groups is 2. The molecule has 6 nitrogen and oxygen atoms in total. The third-order valence-electron chi connectivity index (χ3n) is 5.69. The highest BCUT2D eigenvalue weighted by Gasteiger charge is 2.26. The van der Waals surface area contributed by atoms with Gasteiger partial charge in [-0.15, -0.1) is 0 Å². The van der Waals surface area contributed by atoms with Gasteiger partial charge in [0, 0.05) is 37.8 Å². The molecule has 0 unspecified atom stereocenters. The van der Waals surface area contributed by atoms with E-state index in [0.717, 1.165) is 38.8 Å². The summed E-state index contributed by atoms with van der Waals surface area (Å²) in [6, 6.07) is 4.45. The molecule has 0 atom stereocenters. The second-order valence-corrected chi connectivity index (χ2v) is 8.09. The number of morpholine rings is 1. The van der Waals surface area contributed by atoms with Gasteiger partial charge < -0.3 is 19.4 Å². The van der Waals surface area contributed by atoms with Crippen LogP contribution in [0.1, 0.15) is 49.9 Å². The Morgan fingerprint density at radius 3 is 2.31 bits per heavy atom. The Labute approximate surface area is 172 Å². The van der Waals surface area contributed by atoms with Gasteiger partial charge in [0.05, 0.1) is 18.9 Å². The second kappa shape index (κ2) is 10.1. The van der Waals surface area contributed by atoms with Crippen LogP contribution >= 0.6 is 0 Å². The lowest BCUT2D eigenvalue weighted by Gasteiger charge is -2.31. The molecule has 0 aliphatic carbocycles. The van der Waals surface area contributed by atoms with Crippen LogP contribution in [0.3, 0.4) is 0 Å². The van der Waals surface area contributed by atoms with Crippen molar-refractivity contribution in [1.29, 1.82) is 0 Å². The second-order valence-electron chi connectivity index (χ2n) is 8.09. The zero-order valence-electron chi connectivity index (χ0n) is 17.5. The van der Waals surface area contributed by atoms with Gasteiger partial charge >= 0.3 is 0 Å². The maximum Gasteiger partial charge on any atom is 0.254 e. The number of carbonyl (C=O) groups excluding carboxylic acids is 2. The van der Waals surface area contributed by atoms with Gasteiger partial charge in [-0.05, 0) is 44.9 Å². The fraction of sp³-hybridized carbons (Fsp3) is 0.636. The highest BCUT2D eigenvalue weighted by molar-refractivity contribution is 5.97. The van der Waals surface area contributed by atoms with E-state index >= 15 is 0 Å². The summed E-state index contributed by atoms with van der Waals surface area (Å²) in [5, 5.41) is 0. The standard InChI is InChI=1S/C22H32FN3O3/c1-17(2)26(16-21(27)25-9-5-3-4-6-10-25)22(28)18-7-8-20(19(23)15-18)24-11-13-29-14-12-24/h7-8,15,17H,3-6,9-14,16H2,1-2H3. The Kier molecular flexibility index (Phi) is 7.47. The molecule has 0 saturated carbocycles. The third-order valence-corrected chi connectivity index (χ3v) is 5.69. The first kappa shape index (κ1) is 21.6. The largest absolute Gasteiger partial charge is 0.378 e. The van der Waals surface area contributed by atoms with Crippen LogP contribution in [-0.2, 0) is 9.53 Å². The van der Waals surface area contributed by atoms with Crippen LogP contribution < -0.4 is 4.90 Å². The summed E-state index contributed by atoms with van der Waals surface area (Å²) < 4.78 is 20.0. The number of ether oxygens (including phenoxy) is 1. The van der Waals surface area contributed by atoms with Crippen LogP contribution in [0.4, 0.5) is 10.1 Å². The molecule has 2 aliphatic rings. The molecule has 2 amide bonds. The quantitative estimate of drug-likeness (QED) is 0.756. The Hall–Kier alpha value is -2.15. The zero-order chi connectivity index (χ0) is 20.8. The van der Waals surface area contributed by atoms with E-state index in [2.05, 4.69) is 0 Å². The number of likely N-dealkylation sites (tertiary alicyclic amines) is 1. The van der Waals surface area contributed by atoms with Gasteiger partial charge in [0.2, 0.25) is 5.91 Å². The van der Waals surface area contributed by atoms with Crippen molar-refractivity contribution in [3.63, 3.8) is 0 Å². The molecular weight excluding hydrogens is 373 g/mol. The topological polar surface area (TPSA) is 53.1 Å². The number of benzene rings is 1. The van der Waals surface area contributed by atoms with E-state index in [1.165, 1.54) is 11.0 Å². The SMILES string of the molecule is CC(C)N(CC(=O)N1CCCCCC1)C(=O)c1ccc(N2CCOCC2)c(F)c1. The molecule has 2 saturated heterocycles. The average Bonchev–Trinajstić information content (AvgIpc) is 3.01. The van der Waals surface area contributed by atoms with Crippen molar-refractivity contribution in [2.75, 3.05) is 50.8 Å². The number of anilines is 1. The predicted molar refractivity (Wildman–Crippen MR) is 111 cm³/mol. The Bertz CT molecular complexity index is 711. The van der Waals surface area contributed by atoms with Crippen molar-refractivity contribution in [1.82, 2.24) is 9.80 Å². The van der Waals surface area contributed by atoms with E-state index in [4.69, 9.17) is 4.74 Å². The Balaban J connectivity index is 1.71. The van der Waals surface area contributed by atoms with Crippen molar-refractivity contribution < 1.29 is 18.7 Å². The first-order chi connectivity index (χ1) is 14.0. The molecule has 7 heteroatoms. The minimum absolute atomic E-state index is 0.0284. The molecule has 2 aliphatic heterocycles. The maximum absolute atomic E-state index is 14.7. The zero-order valence-corrected chi connectivity index (χ0v) is 17.5. The number of hydrogen-bond acceptors (Lipinski definition) is 4. The molecule has 0 aromatic heterocycles. The van der Waals surface area contributed by atoms with Crippen LogP contribution in [0.15, 0.2) is 18.2 Å². The van der Waals surface area contributed by atoms with Gasteiger partial charge in [0.1, 0.15) is 12.4 Å². The van der Waals surface area contributed by atoms with Crippen molar-refractivity contribution in [3.8, 4) is 0 Å². The van der Waals surface area contributed by atoms with Gasteiger partial charge in [0.25, 0.3) is 5.91 Å². The smallest absolute Gasteiger partial charge is 0.254 e. The highest BCUT2D eigenvalue weighted by Crippen LogP contribution is 2.23. The summed E-state index contributed by atoms with van der Waals surface area (Å²) in [5.74, 6) is -0.754. The first-order valence-electron chi connectivity index (χ1n) is 10.7. The van der Waals surface area contributed by atoms with Crippen LogP contribution in [0.5, 0.6) is 0 Å². The van der Waals surface area contributed by atoms with Gasteiger partial charge in [-0.2, -0.15) is 0 Å². The lowest BCUT2D eigenvalue weighted by molar-refractivity contribution is -0.132. The summed E-state index contributed by atoms with van der Waals surface area (Å²) in [5.41, 5.74) is 0.762. The molecule has 0 spiro atoms. The van der Waals surface area contributed by atoms with Crippen molar-refractivity contribution in [2.45, 2.75) is 45.6 Å². The molecule has 1 aromatic rings. The van der Waals surface area contributed by atoms with Crippen LogP contribution in [-0.4, -0.2) is 73.6 Å². The van der Waals surface area contributed by atoms with Gasteiger partial charge in [-0.25, -0.2) is 4.39 Å². The molecule has 3 rings (SSSR count). The monoisotopic (exact) mass is 405 g/mol. The summed E-state index contributed by atoms with van der Waals surface area (Å²) in [6.07, 6.45) is 4.31. The molecule has 1 aromatic carbocycles. The fourth-order valence-electron chi connectivity index (χ4n) is 3.92. The minimum Gasteiger partial charge on any atom is -0.378 e. The summed E-state index contributed by atoms with van der Waals surface area (Å²) >= 11 is 0. The Morgan fingerprint density at radius 1 is 1.07 bits per heavy atom. The molecule has 29 heavy (non-hydrogen) atoms.